The minimum Gasteiger partial charge on any atom is -0.103 e. The first-order valence-electron chi connectivity index (χ1n) is 4.32. The average Bonchev–Trinajstić information content (AvgIpc) is 1.89. The maximum absolute atomic E-state index is 3.90. The van der Waals surface area contributed by atoms with E-state index >= 15 is 0 Å². The van der Waals surface area contributed by atoms with Crippen molar-refractivity contribution in [2.75, 3.05) is 0 Å². The minimum atomic E-state index is 0.545. The molecule has 0 fully saturated rings. The van der Waals surface area contributed by atoms with E-state index in [2.05, 4.69) is 26.5 Å². The third kappa shape index (κ3) is 3.21. The summed E-state index contributed by atoms with van der Waals surface area (Å²) in [6.07, 6.45) is 7.46. The molecular formula is C9H20Si. The average molecular weight is 156 g/mol. The highest BCUT2D eigenvalue weighted by Crippen LogP contribution is 2.34. The zero-order valence-corrected chi connectivity index (χ0v) is 9.61. The molecule has 0 nitrogen and oxygen atoms in total. The molecule has 0 unspecified atom stereocenters. The largest absolute Gasteiger partial charge is 0.103 e. The van der Waals surface area contributed by atoms with Crippen LogP contribution in [0.3, 0.4) is 0 Å². The second kappa shape index (κ2) is 4.72. The van der Waals surface area contributed by atoms with Gasteiger partial charge in [0.25, 0.3) is 0 Å². The molecule has 0 atom stereocenters. The molecule has 0 amide bonds. The highest BCUT2D eigenvalue weighted by Gasteiger charge is 2.16. The molecule has 0 rings (SSSR count). The Balaban J connectivity index is 3.81. The van der Waals surface area contributed by atoms with E-state index in [1.165, 1.54) is 35.9 Å². The van der Waals surface area contributed by atoms with E-state index in [4.69, 9.17) is 0 Å². The fourth-order valence-corrected chi connectivity index (χ4v) is 2.47. The van der Waals surface area contributed by atoms with Gasteiger partial charge in [-0.1, -0.05) is 32.8 Å². The number of hydrogen-bond donors (Lipinski definition) is 0. The SMILES string of the molecule is C=CC([SiH3])(CCC)CCC. The summed E-state index contributed by atoms with van der Waals surface area (Å²) < 4.78 is 0. The van der Waals surface area contributed by atoms with Crippen LogP contribution < -0.4 is 0 Å². The first-order chi connectivity index (χ1) is 4.68. The van der Waals surface area contributed by atoms with Crippen molar-refractivity contribution >= 4 is 10.2 Å². The van der Waals surface area contributed by atoms with Gasteiger partial charge in [-0.3, -0.25) is 0 Å². The van der Waals surface area contributed by atoms with E-state index in [0.717, 1.165) is 0 Å². The Morgan fingerprint density at radius 1 is 1.30 bits per heavy atom. The van der Waals surface area contributed by atoms with Gasteiger partial charge in [0.05, 0.1) is 0 Å². The van der Waals surface area contributed by atoms with E-state index in [9.17, 15) is 0 Å². The maximum atomic E-state index is 3.90. The Morgan fingerprint density at radius 2 is 1.70 bits per heavy atom. The summed E-state index contributed by atoms with van der Waals surface area (Å²) in [4.78, 5) is 0. The molecule has 0 bridgehead atoms. The molecule has 0 aromatic heterocycles. The van der Waals surface area contributed by atoms with E-state index < -0.39 is 0 Å². The lowest BCUT2D eigenvalue weighted by Crippen LogP contribution is -2.08. The zero-order valence-electron chi connectivity index (χ0n) is 7.61. The van der Waals surface area contributed by atoms with Gasteiger partial charge in [0.15, 0.2) is 0 Å². The van der Waals surface area contributed by atoms with Crippen LogP contribution >= 0.6 is 0 Å². The van der Waals surface area contributed by atoms with E-state index in [1.54, 1.807) is 0 Å². The molecule has 0 aliphatic heterocycles. The van der Waals surface area contributed by atoms with E-state index in [0.29, 0.717) is 5.04 Å². The summed E-state index contributed by atoms with van der Waals surface area (Å²) in [5, 5.41) is 0.545. The number of rotatable bonds is 5. The van der Waals surface area contributed by atoms with E-state index in [1.807, 2.05) is 0 Å². The van der Waals surface area contributed by atoms with Crippen molar-refractivity contribution in [1.29, 1.82) is 0 Å². The first-order valence-corrected chi connectivity index (χ1v) is 5.32. The summed E-state index contributed by atoms with van der Waals surface area (Å²) in [5.74, 6) is 0. The van der Waals surface area contributed by atoms with Crippen molar-refractivity contribution < 1.29 is 0 Å². The van der Waals surface area contributed by atoms with Crippen LogP contribution in [0.2, 0.25) is 5.04 Å². The molecule has 0 aliphatic carbocycles. The van der Waals surface area contributed by atoms with Crippen molar-refractivity contribution in [2.45, 2.75) is 44.6 Å². The third-order valence-electron chi connectivity index (χ3n) is 2.14. The smallest absolute Gasteiger partial charge is 0.0154 e. The van der Waals surface area contributed by atoms with Crippen molar-refractivity contribution in [1.82, 2.24) is 0 Å². The Kier molecular flexibility index (Phi) is 4.70. The van der Waals surface area contributed by atoms with Crippen LogP contribution in [0.5, 0.6) is 0 Å². The lowest BCUT2D eigenvalue weighted by atomic mass is 9.97. The number of allylic oxidation sites excluding steroid dienone is 1. The molecule has 0 heterocycles. The van der Waals surface area contributed by atoms with Gasteiger partial charge in [0.1, 0.15) is 0 Å². The standard InChI is InChI=1S/C9H20Si/c1-4-7-9(10,6-3)8-5-2/h6H,3-5,7-8H2,1-2,10H3. The maximum Gasteiger partial charge on any atom is 0.0154 e. The van der Waals surface area contributed by atoms with Crippen LogP contribution in [0.25, 0.3) is 0 Å². The van der Waals surface area contributed by atoms with Crippen LogP contribution in [-0.4, -0.2) is 10.2 Å². The minimum absolute atomic E-state index is 0.545. The molecule has 0 aromatic carbocycles. The van der Waals surface area contributed by atoms with Gasteiger partial charge in [-0.2, -0.15) is 0 Å². The van der Waals surface area contributed by atoms with Gasteiger partial charge in [-0.25, -0.2) is 0 Å². The van der Waals surface area contributed by atoms with Crippen molar-refractivity contribution in [3.05, 3.63) is 12.7 Å². The third-order valence-corrected chi connectivity index (χ3v) is 3.54. The summed E-state index contributed by atoms with van der Waals surface area (Å²) in [6, 6.07) is 0. The summed E-state index contributed by atoms with van der Waals surface area (Å²) in [5.41, 5.74) is 0. The predicted octanol–water partition coefficient (Wildman–Crippen LogP) is 2.30. The Bertz CT molecular complexity index is 90.9. The van der Waals surface area contributed by atoms with Crippen molar-refractivity contribution in [2.24, 2.45) is 0 Å². The topological polar surface area (TPSA) is 0 Å². The lowest BCUT2D eigenvalue weighted by Gasteiger charge is -2.24. The Labute approximate surface area is 68.1 Å². The van der Waals surface area contributed by atoms with Gasteiger partial charge in [-0.15, -0.1) is 6.58 Å². The number of hydrogen-bond acceptors (Lipinski definition) is 0. The normalized spacial score (nSPS) is 11.8. The summed E-state index contributed by atoms with van der Waals surface area (Å²) in [6.45, 7) is 8.42. The first kappa shape index (κ1) is 9.96. The van der Waals surface area contributed by atoms with Crippen molar-refractivity contribution in [3.8, 4) is 0 Å². The van der Waals surface area contributed by atoms with E-state index in [-0.39, 0.29) is 0 Å². The molecule has 0 aliphatic rings. The zero-order chi connectivity index (χ0) is 8.04. The molecule has 0 radical (unpaired) electrons. The summed E-state index contributed by atoms with van der Waals surface area (Å²) in [7, 11) is 1.27. The molecule has 1 heteroatoms. The van der Waals surface area contributed by atoms with Crippen LogP contribution in [0.4, 0.5) is 0 Å². The molecule has 0 N–H and O–H groups in total. The Morgan fingerprint density at radius 3 is 1.90 bits per heavy atom. The lowest BCUT2D eigenvalue weighted by molar-refractivity contribution is 0.553. The fraction of sp³-hybridized carbons (Fsp3) is 0.778. The van der Waals surface area contributed by atoms with Gasteiger partial charge in [0.2, 0.25) is 0 Å². The monoisotopic (exact) mass is 156 g/mol. The van der Waals surface area contributed by atoms with Crippen LogP contribution in [0.1, 0.15) is 39.5 Å². The molecule has 0 saturated carbocycles. The Hall–Kier alpha value is -0.0431. The molecule has 0 aromatic rings. The highest BCUT2D eigenvalue weighted by atomic mass is 28.1. The van der Waals surface area contributed by atoms with Crippen molar-refractivity contribution in [3.63, 3.8) is 0 Å². The second-order valence-electron chi connectivity index (χ2n) is 3.36. The molecule has 10 heavy (non-hydrogen) atoms. The van der Waals surface area contributed by atoms with Gasteiger partial charge >= 0.3 is 0 Å². The quantitative estimate of drug-likeness (QED) is 0.423. The molecule has 0 saturated heterocycles. The van der Waals surface area contributed by atoms with Crippen LogP contribution in [0, 0.1) is 0 Å². The van der Waals surface area contributed by atoms with Crippen LogP contribution in [-0.2, 0) is 0 Å². The summed E-state index contributed by atoms with van der Waals surface area (Å²) >= 11 is 0. The molecule has 0 spiro atoms. The van der Waals surface area contributed by atoms with Gasteiger partial charge in [-0.05, 0) is 17.9 Å². The molecule has 60 valence electrons. The fourth-order valence-electron chi connectivity index (χ4n) is 1.47. The predicted molar refractivity (Wildman–Crippen MR) is 52.6 cm³/mol. The van der Waals surface area contributed by atoms with Gasteiger partial charge < -0.3 is 0 Å². The van der Waals surface area contributed by atoms with Crippen LogP contribution in [0.15, 0.2) is 12.7 Å². The molecular weight excluding hydrogens is 136 g/mol. The second-order valence-corrected chi connectivity index (χ2v) is 5.35. The van der Waals surface area contributed by atoms with Gasteiger partial charge in [0, 0.05) is 10.2 Å². The highest BCUT2D eigenvalue weighted by molar-refractivity contribution is 6.16.